The van der Waals surface area contributed by atoms with Gasteiger partial charge in [-0.15, -0.1) is 11.3 Å². The standard InChI is InChI=1S/C17H16ClN3OS/c18-16-6-5-15(23-16)12-20-7-9-21(10-8-20)17(22)14-3-1-13(11-19)2-4-14/h1-6H,7-10,12H2. The summed E-state index contributed by atoms with van der Waals surface area (Å²) in [5.74, 6) is 0.0355. The van der Waals surface area contributed by atoms with Crippen molar-refractivity contribution < 1.29 is 4.79 Å². The number of halogens is 1. The van der Waals surface area contributed by atoms with Gasteiger partial charge in [-0.05, 0) is 36.4 Å². The van der Waals surface area contributed by atoms with Crippen LogP contribution in [0.5, 0.6) is 0 Å². The van der Waals surface area contributed by atoms with Crippen LogP contribution in [0.3, 0.4) is 0 Å². The van der Waals surface area contributed by atoms with Gasteiger partial charge in [0.2, 0.25) is 0 Å². The van der Waals surface area contributed by atoms with Crippen molar-refractivity contribution in [2.75, 3.05) is 26.2 Å². The second kappa shape index (κ2) is 7.14. The van der Waals surface area contributed by atoms with Gasteiger partial charge in [-0.25, -0.2) is 0 Å². The average molecular weight is 346 g/mol. The number of piperazine rings is 1. The molecule has 1 amide bonds. The molecule has 2 heterocycles. The first-order valence-electron chi connectivity index (χ1n) is 7.42. The Kier molecular flexibility index (Phi) is 4.97. The lowest BCUT2D eigenvalue weighted by molar-refractivity contribution is 0.0629. The number of amides is 1. The minimum Gasteiger partial charge on any atom is -0.336 e. The zero-order chi connectivity index (χ0) is 16.2. The molecule has 23 heavy (non-hydrogen) atoms. The van der Waals surface area contributed by atoms with Crippen LogP contribution in [0.4, 0.5) is 0 Å². The van der Waals surface area contributed by atoms with E-state index in [1.807, 2.05) is 11.0 Å². The molecule has 1 aliphatic heterocycles. The maximum Gasteiger partial charge on any atom is 0.253 e. The molecule has 3 rings (SSSR count). The predicted molar refractivity (Wildman–Crippen MR) is 91.7 cm³/mol. The monoisotopic (exact) mass is 345 g/mol. The zero-order valence-corrected chi connectivity index (χ0v) is 14.1. The fourth-order valence-corrected chi connectivity index (χ4v) is 3.77. The van der Waals surface area contributed by atoms with E-state index >= 15 is 0 Å². The molecule has 0 unspecified atom stereocenters. The van der Waals surface area contributed by atoms with Gasteiger partial charge in [0.25, 0.3) is 5.91 Å². The van der Waals surface area contributed by atoms with Crippen LogP contribution in [-0.2, 0) is 6.54 Å². The van der Waals surface area contributed by atoms with Crippen molar-refractivity contribution in [1.82, 2.24) is 9.80 Å². The highest BCUT2D eigenvalue weighted by atomic mass is 35.5. The van der Waals surface area contributed by atoms with Crippen LogP contribution < -0.4 is 0 Å². The van der Waals surface area contributed by atoms with Gasteiger partial charge < -0.3 is 4.90 Å². The van der Waals surface area contributed by atoms with Gasteiger partial charge in [-0.3, -0.25) is 9.69 Å². The molecule has 118 valence electrons. The number of carbonyl (C=O) groups excluding carboxylic acids is 1. The van der Waals surface area contributed by atoms with Crippen LogP contribution in [0, 0.1) is 11.3 Å². The van der Waals surface area contributed by atoms with Crippen molar-refractivity contribution in [3.8, 4) is 6.07 Å². The Hall–Kier alpha value is -1.87. The molecule has 0 atom stereocenters. The number of rotatable bonds is 3. The van der Waals surface area contributed by atoms with Crippen LogP contribution >= 0.6 is 22.9 Å². The summed E-state index contributed by atoms with van der Waals surface area (Å²) in [5.41, 5.74) is 1.21. The van der Waals surface area contributed by atoms with Crippen molar-refractivity contribution in [1.29, 1.82) is 5.26 Å². The Morgan fingerprint density at radius 3 is 2.39 bits per heavy atom. The summed E-state index contributed by atoms with van der Waals surface area (Å²) in [6.07, 6.45) is 0. The Balaban J connectivity index is 1.55. The number of carbonyl (C=O) groups is 1. The van der Waals surface area contributed by atoms with E-state index in [1.165, 1.54) is 4.88 Å². The molecule has 0 bridgehead atoms. The van der Waals surface area contributed by atoms with Crippen molar-refractivity contribution >= 4 is 28.8 Å². The smallest absolute Gasteiger partial charge is 0.253 e. The van der Waals surface area contributed by atoms with Crippen LogP contribution in [0.2, 0.25) is 4.34 Å². The lowest BCUT2D eigenvalue weighted by Gasteiger charge is -2.34. The van der Waals surface area contributed by atoms with Gasteiger partial charge in [0.15, 0.2) is 0 Å². The summed E-state index contributed by atoms with van der Waals surface area (Å²) in [6, 6.07) is 12.9. The number of nitrogens with zero attached hydrogens (tertiary/aromatic N) is 3. The fourth-order valence-electron chi connectivity index (χ4n) is 2.64. The summed E-state index contributed by atoms with van der Waals surface area (Å²) >= 11 is 7.56. The molecule has 2 aromatic rings. The van der Waals surface area contributed by atoms with Crippen molar-refractivity contribution in [3.63, 3.8) is 0 Å². The van der Waals surface area contributed by atoms with E-state index in [2.05, 4.69) is 17.0 Å². The molecule has 0 saturated carbocycles. The fraction of sp³-hybridized carbons (Fsp3) is 0.294. The summed E-state index contributed by atoms with van der Waals surface area (Å²) < 4.78 is 0.814. The SMILES string of the molecule is N#Cc1ccc(C(=O)N2CCN(Cc3ccc(Cl)s3)CC2)cc1. The largest absolute Gasteiger partial charge is 0.336 e. The van der Waals surface area contributed by atoms with Gasteiger partial charge in [0.05, 0.1) is 16.0 Å². The second-order valence-corrected chi connectivity index (χ2v) is 7.26. The normalized spacial score (nSPS) is 15.4. The third-order valence-electron chi connectivity index (χ3n) is 3.93. The maximum atomic E-state index is 12.5. The van der Waals surface area contributed by atoms with Gasteiger partial charge in [0, 0.05) is 43.2 Å². The van der Waals surface area contributed by atoms with Crippen LogP contribution in [0.25, 0.3) is 0 Å². The topological polar surface area (TPSA) is 47.3 Å². The number of nitriles is 1. The predicted octanol–water partition coefficient (Wildman–Crippen LogP) is 3.23. The molecule has 1 aromatic heterocycles. The molecule has 1 fully saturated rings. The van der Waals surface area contributed by atoms with E-state index in [0.717, 1.165) is 37.1 Å². The lowest BCUT2D eigenvalue weighted by Crippen LogP contribution is -2.48. The van der Waals surface area contributed by atoms with Crippen molar-refractivity contribution in [2.45, 2.75) is 6.54 Å². The number of hydrogen-bond acceptors (Lipinski definition) is 4. The zero-order valence-electron chi connectivity index (χ0n) is 12.5. The molecule has 1 aromatic carbocycles. The summed E-state index contributed by atoms with van der Waals surface area (Å²) in [4.78, 5) is 17.9. The van der Waals surface area contributed by atoms with Gasteiger partial charge in [-0.2, -0.15) is 5.26 Å². The van der Waals surface area contributed by atoms with Gasteiger partial charge in [-0.1, -0.05) is 11.6 Å². The molecule has 0 N–H and O–H groups in total. The number of hydrogen-bond donors (Lipinski definition) is 0. The number of benzene rings is 1. The van der Waals surface area contributed by atoms with E-state index in [0.29, 0.717) is 11.1 Å². The van der Waals surface area contributed by atoms with Crippen molar-refractivity contribution in [2.24, 2.45) is 0 Å². The Morgan fingerprint density at radius 1 is 1.13 bits per heavy atom. The van der Waals surface area contributed by atoms with E-state index in [4.69, 9.17) is 16.9 Å². The average Bonchev–Trinajstić information content (AvgIpc) is 3.00. The molecule has 0 spiro atoms. The first kappa shape index (κ1) is 16.0. The first-order chi connectivity index (χ1) is 11.2. The van der Waals surface area contributed by atoms with Crippen molar-refractivity contribution in [3.05, 3.63) is 56.7 Å². The third kappa shape index (κ3) is 3.91. The molecule has 1 saturated heterocycles. The number of thiophene rings is 1. The molecule has 4 nitrogen and oxygen atoms in total. The minimum absolute atomic E-state index is 0.0355. The van der Waals surface area contributed by atoms with Crippen LogP contribution in [-0.4, -0.2) is 41.9 Å². The summed E-state index contributed by atoms with van der Waals surface area (Å²) in [7, 11) is 0. The van der Waals surface area contributed by atoms with E-state index < -0.39 is 0 Å². The highest BCUT2D eigenvalue weighted by molar-refractivity contribution is 7.16. The molecule has 0 aliphatic carbocycles. The Bertz CT molecular complexity index is 727. The van der Waals surface area contributed by atoms with Crippen LogP contribution in [0.15, 0.2) is 36.4 Å². The summed E-state index contributed by atoms with van der Waals surface area (Å²) in [5, 5.41) is 8.81. The van der Waals surface area contributed by atoms with E-state index in [9.17, 15) is 4.79 Å². The van der Waals surface area contributed by atoms with E-state index in [-0.39, 0.29) is 5.91 Å². The molecule has 6 heteroatoms. The van der Waals surface area contributed by atoms with Gasteiger partial charge in [0.1, 0.15) is 0 Å². The second-order valence-electron chi connectivity index (χ2n) is 5.46. The molecular weight excluding hydrogens is 330 g/mol. The highest BCUT2D eigenvalue weighted by Gasteiger charge is 2.22. The van der Waals surface area contributed by atoms with Gasteiger partial charge >= 0.3 is 0 Å². The molecular formula is C17H16ClN3OS. The summed E-state index contributed by atoms with van der Waals surface area (Å²) in [6.45, 7) is 4.04. The maximum absolute atomic E-state index is 12.5. The molecule has 0 radical (unpaired) electrons. The lowest BCUT2D eigenvalue weighted by atomic mass is 10.1. The highest BCUT2D eigenvalue weighted by Crippen LogP contribution is 2.23. The first-order valence-corrected chi connectivity index (χ1v) is 8.61. The molecule has 1 aliphatic rings. The quantitative estimate of drug-likeness (QED) is 0.858. The Morgan fingerprint density at radius 2 is 1.83 bits per heavy atom. The Labute approximate surface area is 144 Å². The van der Waals surface area contributed by atoms with E-state index in [1.54, 1.807) is 35.6 Å². The third-order valence-corrected chi connectivity index (χ3v) is 5.14. The van der Waals surface area contributed by atoms with Crippen LogP contribution in [0.1, 0.15) is 20.8 Å². The minimum atomic E-state index is 0.0355.